The predicted octanol–water partition coefficient (Wildman–Crippen LogP) is 3.23. The molecule has 5 nitrogen and oxygen atoms in total. The first-order valence-corrected chi connectivity index (χ1v) is 8.96. The van der Waals surface area contributed by atoms with E-state index >= 15 is 0 Å². The van der Waals surface area contributed by atoms with E-state index in [2.05, 4.69) is 5.32 Å². The van der Waals surface area contributed by atoms with Crippen LogP contribution >= 0.6 is 0 Å². The van der Waals surface area contributed by atoms with Crippen LogP contribution in [0.2, 0.25) is 0 Å². The summed E-state index contributed by atoms with van der Waals surface area (Å²) in [7, 11) is 0. The van der Waals surface area contributed by atoms with Crippen molar-refractivity contribution in [2.45, 2.75) is 19.1 Å². The number of rotatable bonds is 8. The number of ether oxygens (including phenoxy) is 1. The summed E-state index contributed by atoms with van der Waals surface area (Å²) in [5.74, 6) is -0.412. The molecule has 7 heteroatoms. The lowest BCUT2D eigenvalue weighted by Crippen LogP contribution is -2.27. The summed E-state index contributed by atoms with van der Waals surface area (Å²) in [6.07, 6.45) is -0.389. The number of hydrogen-bond donors (Lipinski definition) is 2. The quantitative estimate of drug-likeness (QED) is 0.695. The lowest BCUT2D eigenvalue weighted by molar-refractivity contribution is 0.145. The van der Waals surface area contributed by atoms with Crippen LogP contribution < -0.4 is 16.0 Å². The summed E-state index contributed by atoms with van der Waals surface area (Å²) in [5.41, 5.74) is 8.22. The van der Waals surface area contributed by atoms with E-state index in [9.17, 15) is 13.6 Å². The summed E-state index contributed by atoms with van der Waals surface area (Å²) >= 11 is 0. The first-order valence-electron chi connectivity index (χ1n) is 8.96. The number of hydrogen-bond acceptors (Lipinski definition) is 4. The maximum atomic E-state index is 14.6. The van der Waals surface area contributed by atoms with E-state index in [1.54, 1.807) is 12.1 Å². The summed E-state index contributed by atoms with van der Waals surface area (Å²) in [6, 6.07) is 12.2. The first kappa shape index (κ1) is 19.3. The van der Waals surface area contributed by atoms with Gasteiger partial charge >= 0.3 is 6.09 Å². The fraction of sp³-hybridized carbons (Fsp3) is 0.350. The summed E-state index contributed by atoms with van der Waals surface area (Å²) in [5, 5.41) is 3.15. The van der Waals surface area contributed by atoms with Crippen molar-refractivity contribution in [3.63, 3.8) is 0 Å². The maximum Gasteiger partial charge on any atom is 0.414 e. The van der Waals surface area contributed by atoms with Crippen LogP contribution in [0.4, 0.5) is 19.3 Å². The van der Waals surface area contributed by atoms with Gasteiger partial charge in [0, 0.05) is 18.7 Å². The third kappa shape index (κ3) is 4.61. The number of anilines is 1. The molecule has 0 spiro atoms. The Morgan fingerprint density at radius 3 is 2.63 bits per heavy atom. The number of cyclic esters (lactones) is 1. The van der Waals surface area contributed by atoms with Gasteiger partial charge in [0.25, 0.3) is 0 Å². The Balaban J connectivity index is 1.69. The lowest BCUT2D eigenvalue weighted by Gasteiger charge is -2.14. The Kier molecular flexibility index (Phi) is 6.36. The summed E-state index contributed by atoms with van der Waals surface area (Å²) in [4.78, 5) is 13.3. The van der Waals surface area contributed by atoms with Gasteiger partial charge in [0.15, 0.2) is 0 Å². The van der Waals surface area contributed by atoms with Crippen molar-refractivity contribution in [3.05, 3.63) is 53.8 Å². The highest BCUT2D eigenvalue weighted by atomic mass is 19.1. The zero-order chi connectivity index (χ0) is 19.2. The zero-order valence-corrected chi connectivity index (χ0v) is 15.0. The number of halogens is 2. The minimum absolute atomic E-state index is 0.234. The summed E-state index contributed by atoms with van der Waals surface area (Å²) < 4.78 is 31.8. The van der Waals surface area contributed by atoms with Crippen LogP contribution in [0.15, 0.2) is 42.5 Å². The second-order valence-electron chi connectivity index (χ2n) is 6.43. The molecule has 2 aromatic rings. The highest BCUT2D eigenvalue weighted by Gasteiger charge is 2.31. The molecular weight excluding hydrogens is 352 g/mol. The van der Waals surface area contributed by atoms with Crippen LogP contribution in [0.25, 0.3) is 11.1 Å². The average molecular weight is 375 g/mol. The first-order chi connectivity index (χ1) is 13.1. The molecule has 27 heavy (non-hydrogen) atoms. The van der Waals surface area contributed by atoms with E-state index in [-0.39, 0.29) is 19.3 Å². The molecule has 0 aliphatic carbocycles. The van der Waals surface area contributed by atoms with Gasteiger partial charge in [0.05, 0.1) is 18.9 Å². The Hall–Kier alpha value is -2.51. The second kappa shape index (κ2) is 8.92. The Labute approximate surface area is 157 Å². The largest absolute Gasteiger partial charge is 0.443 e. The number of nitrogens with zero attached hydrogens (tertiary/aromatic N) is 1. The Morgan fingerprint density at radius 1 is 1.22 bits per heavy atom. The highest BCUT2D eigenvalue weighted by Crippen LogP contribution is 2.29. The molecule has 0 saturated carbocycles. The molecule has 1 aliphatic rings. The van der Waals surface area contributed by atoms with E-state index < -0.39 is 11.9 Å². The lowest BCUT2D eigenvalue weighted by atomic mass is 10.0. The minimum atomic E-state index is -0.512. The molecule has 0 aromatic heterocycles. The standard InChI is InChI=1S/C20H23F2N3O2/c21-8-1-9-24-12-14-2-4-15(5-3-14)18-7-6-16(10-19(18)22)25-13-17(11-23)27-20(25)26/h2-7,10,17,24H,1,8-9,11-13,23H2. The van der Waals surface area contributed by atoms with Crippen LogP contribution in [0.5, 0.6) is 0 Å². The van der Waals surface area contributed by atoms with Gasteiger partial charge in [-0.2, -0.15) is 0 Å². The van der Waals surface area contributed by atoms with Gasteiger partial charge < -0.3 is 15.8 Å². The SMILES string of the molecule is NCC1CN(c2ccc(-c3ccc(CNCCCF)cc3)c(F)c2)C(=O)O1. The maximum absolute atomic E-state index is 14.6. The van der Waals surface area contributed by atoms with Gasteiger partial charge in [0.2, 0.25) is 0 Å². The van der Waals surface area contributed by atoms with E-state index in [0.29, 0.717) is 37.3 Å². The molecular formula is C20H23F2N3O2. The number of nitrogens with two attached hydrogens (primary N) is 1. The number of amides is 1. The molecule has 0 radical (unpaired) electrons. The number of carbonyl (C=O) groups is 1. The van der Waals surface area contributed by atoms with Gasteiger partial charge in [-0.05, 0) is 42.3 Å². The number of nitrogens with one attached hydrogen (secondary N) is 1. The van der Waals surface area contributed by atoms with Crippen LogP contribution in [0.1, 0.15) is 12.0 Å². The Morgan fingerprint density at radius 2 is 2.00 bits per heavy atom. The fourth-order valence-corrected chi connectivity index (χ4v) is 2.99. The highest BCUT2D eigenvalue weighted by molar-refractivity contribution is 5.90. The van der Waals surface area contributed by atoms with Crippen molar-refractivity contribution in [1.29, 1.82) is 0 Å². The van der Waals surface area contributed by atoms with Crippen LogP contribution in [-0.4, -0.2) is 38.5 Å². The average Bonchev–Trinajstić information content (AvgIpc) is 3.07. The molecule has 1 unspecified atom stereocenters. The van der Waals surface area contributed by atoms with E-state index in [0.717, 1.165) is 11.1 Å². The van der Waals surface area contributed by atoms with E-state index in [1.165, 1.54) is 11.0 Å². The third-order valence-electron chi connectivity index (χ3n) is 4.48. The fourth-order valence-electron chi connectivity index (χ4n) is 2.99. The molecule has 144 valence electrons. The van der Waals surface area contributed by atoms with E-state index in [1.807, 2.05) is 24.3 Å². The second-order valence-corrected chi connectivity index (χ2v) is 6.43. The molecule has 1 saturated heterocycles. The van der Waals surface area contributed by atoms with Gasteiger partial charge in [-0.25, -0.2) is 9.18 Å². The normalized spacial score (nSPS) is 16.6. The Bertz CT molecular complexity index is 783. The molecule has 0 bridgehead atoms. The number of carbonyl (C=O) groups excluding carboxylic acids is 1. The number of benzene rings is 2. The molecule has 1 amide bonds. The molecule has 3 rings (SSSR count). The molecule has 1 heterocycles. The summed E-state index contributed by atoms with van der Waals surface area (Å²) in [6.45, 7) is 1.48. The van der Waals surface area contributed by atoms with Crippen LogP contribution in [-0.2, 0) is 11.3 Å². The third-order valence-corrected chi connectivity index (χ3v) is 4.48. The van der Waals surface area contributed by atoms with Gasteiger partial charge in [-0.15, -0.1) is 0 Å². The monoisotopic (exact) mass is 375 g/mol. The van der Waals surface area contributed by atoms with Gasteiger partial charge in [-0.1, -0.05) is 24.3 Å². The molecule has 3 N–H and O–H groups in total. The molecule has 1 atom stereocenters. The van der Waals surface area contributed by atoms with Gasteiger partial charge in [0.1, 0.15) is 11.9 Å². The van der Waals surface area contributed by atoms with Crippen molar-refractivity contribution in [2.24, 2.45) is 5.73 Å². The molecule has 2 aromatic carbocycles. The van der Waals surface area contributed by atoms with Crippen molar-refractivity contribution >= 4 is 11.8 Å². The van der Waals surface area contributed by atoms with Crippen molar-refractivity contribution in [1.82, 2.24) is 5.32 Å². The van der Waals surface area contributed by atoms with Crippen molar-refractivity contribution < 1.29 is 18.3 Å². The minimum Gasteiger partial charge on any atom is -0.443 e. The topological polar surface area (TPSA) is 67.6 Å². The zero-order valence-electron chi connectivity index (χ0n) is 15.0. The molecule has 1 aliphatic heterocycles. The van der Waals surface area contributed by atoms with Crippen molar-refractivity contribution in [3.8, 4) is 11.1 Å². The molecule has 1 fully saturated rings. The number of alkyl halides is 1. The predicted molar refractivity (Wildman–Crippen MR) is 101 cm³/mol. The van der Waals surface area contributed by atoms with E-state index in [4.69, 9.17) is 10.5 Å². The van der Waals surface area contributed by atoms with Crippen molar-refractivity contribution in [2.75, 3.05) is 31.2 Å². The smallest absolute Gasteiger partial charge is 0.414 e. The van der Waals surface area contributed by atoms with Crippen LogP contribution in [0, 0.1) is 5.82 Å². The van der Waals surface area contributed by atoms with Crippen LogP contribution in [0.3, 0.4) is 0 Å². The van der Waals surface area contributed by atoms with Gasteiger partial charge in [-0.3, -0.25) is 9.29 Å².